The molecule has 0 aromatic heterocycles. The third-order valence-electron chi connectivity index (χ3n) is 4.83. The zero-order valence-corrected chi connectivity index (χ0v) is 15.8. The van der Waals surface area contributed by atoms with Gasteiger partial charge in [0.25, 0.3) is 0 Å². The Morgan fingerprint density at radius 2 is 2.07 bits per heavy atom. The summed E-state index contributed by atoms with van der Waals surface area (Å²) < 4.78 is 16.8. The smallest absolute Gasteiger partial charge is 0.319 e. The summed E-state index contributed by atoms with van der Waals surface area (Å²) in [7, 11) is 1.55. The molecule has 0 fully saturated rings. The normalized spacial score (nSPS) is 14.0. The van der Waals surface area contributed by atoms with E-state index in [1.165, 1.54) is 11.1 Å². The Labute approximate surface area is 162 Å². The number of anilines is 1. The van der Waals surface area contributed by atoms with Gasteiger partial charge in [0.05, 0.1) is 26.0 Å². The van der Waals surface area contributed by atoms with E-state index >= 15 is 0 Å². The van der Waals surface area contributed by atoms with Gasteiger partial charge in [-0.05, 0) is 30.7 Å². The van der Waals surface area contributed by atoms with Gasteiger partial charge >= 0.3 is 6.03 Å². The lowest BCUT2D eigenvalue weighted by Crippen LogP contribution is -2.30. The Bertz CT molecular complexity index is 853. The third kappa shape index (κ3) is 3.62. The van der Waals surface area contributed by atoms with Crippen LogP contribution in [0.5, 0.6) is 17.2 Å². The number of hydrogen-bond donors (Lipinski definition) is 2. The molecule has 7 heteroatoms. The molecule has 0 saturated heterocycles. The minimum absolute atomic E-state index is 0.308. The lowest BCUT2D eigenvalue weighted by Gasteiger charge is -2.14. The predicted molar refractivity (Wildman–Crippen MR) is 104 cm³/mol. The highest BCUT2D eigenvalue weighted by Gasteiger charge is 2.26. The van der Waals surface area contributed by atoms with Gasteiger partial charge in [-0.1, -0.05) is 11.6 Å². The number of nitrogens with one attached hydrogen (secondary N) is 2. The maximum atomic E-state index is 12.3. The summed E-state index contributed by atoms with van der Waals surface area (Å²) in [6, 6.07) is 6.87. The quantitative estimate of drug-likeness (QED) is 0.821. The molecule has 0 atom stereocenters. The molecule has 2 aliphatic rings. The first-order chi connectivity index (χ1) is 13.2. The van der Waals surface area contributed by atoms with Crippen LogP contribution in [-0.2, 0) is 19.3 Å². The fourth-order valence-corrected chi connectivity index (χ4v) is 3.77. The molecule has 142 valence electrons. The Morgan fingerprint density at radius 1 is 1.22 bits per heavy atom. The topological polar surface area (TPSA) is 68.8 Å². The first-order valence-electron chi connectivity index (χ1n) is 8.97. The number of ether oxygens (including phenoxy) is 3. The zero-order chi connectivity index (χ0) is 18.8. The van der Waals surface area contributed by atoms with Gasteiger partial charge in [0.2, 0.25) is 0 Å². The van der Waals surface area contributed by atoms with Crippen LogP contribution in [0.3, 0.4) is 0 Å². The van der Waals surface area contributed by atoms with Gasteiger partial charge in [0, 0.05) is 41.1 Å². The van der Waals surface area contributed by atoms with Gasteiger partial charge in [0.1, 0.15) is 17.2 Å². The molecule has 0 unspecified atom stereocenters. The van der Waals surface area contributed by atoms with Crippen LogP contribution < -0.4 is 24.8 Å². The average Bonchev–Trinajstić information content (AvgIpc) is 3.30. The number of rotatable bonds is 5. The minimum atomic E-state index is -0.308. The van der Waals surface area contributed by atoms with Gasteiger partial charge in [-0.15, -0.1) is 0 Å². The number of methoxy groups -OCH3 is 1. The van der Waals surface area contributed by atoms with E-state index in [-0.39, 0.29) is 6.03 Å². The molecule has 2 amide bonds. The average molecular weight is 389 g/mol. The van der Waals surface area contributed by atoms with E-state index in [1.54, 1.807) is 25.3 Å². The van der Waals surface area contributed by atoms with Crippen molar-refractivity contribution in [3.05, 3.63) is 46.0 Å². The molecular weight excluding hydrogens is 368 g/mol. The summed E-state index contributed by atoms with van der Waals surface area (Å²) in [5.41, 5.74) is 4.08. The molecular formula is C20H21ClN2O4. The first kappa shape index (κ1) is 17.8. The van der Waals surface area contributed by atoms with Crippen molar-refractivity contribution in [1.29, 1.82) is 0 Å². The van der Waals surface area contributed by atoms with E-state index < -0.39 is 0 Å². The van der Waals surface area contributed by atoms with E-state index in [0.717, 1.165) is 29.9 Å². The predicted octanol–water partition coefficient (Wildman–Crippen LogP) is 3.58. The van der Waals surface area contributed by atoms with Crippen LogP contribution in [0.15, 0.2) is 24.3 Å². The van der Waals surface area contributed by atoms with Crippen molar-refractivity contribution < 1.29 is 19.0 Å². The van der Waals surface area contributed by atoms with Crippen molar-refractivity contribution in [2.24, 2.45) is 0 Å². The summed E-state index contributed by atoms with van der Waals surface area (Å²) >= 11 is 6.00. The van der Waals surface area contributed by atoms with Crippen molar-refractivity contribution in [1.82, 2.24) is 5.32 Å². The van der Waals surface area contributed by atoms with Gasteiger partial charge in [0.15, 0.2) is 0 Å². The van der Waals surface area contributed by atoms with Gasteiger partial charge in [-0.25, -0.2) is 4.79 Å². The molecule has 2 aromatic rings. The third-order valence-corrected chi connectivity index (χ3v) is 5.07. The SMILES string of the molecule is COc1ccc(Cl)cc1NC(=O)NCCc1c2c(cc3c1OCC3)OCC2. The number of benzene rings is 2. The fourth-order valence-electron chi connectivity index (χ4n) is 3.59. The van der Waals surface area contributed by atoms with Crippen LogP contribution in [0.1, 0.15) is 16.7 Å². The second-order valence-corrected chi connectivity index (χ2v) is 6.93. The van der Waals surface area contributed by atoms with Crippen molar-refractivity contribution in [3.63, 3.8) is 0 Å². The molecule has 0 radical (unpaired) electrons. The summed E-state index contributed by atoms with van der Waals surface area (Å²) in [6.07, 6.45) is 2.48. The minimum Gasteiger partial charge on any atom is -0.495 e. The van der Waals surface area contributed by atoms with Crippen LogP contribution in [-0.4, -0.2) is 32.9 Å². The second-order valence-electron chi connectivity index (χ2n) is 6.49. The number of carbonyl (C=O) groups excluding carboxylic acids is 1. The standard InChI is InChI=1S/C20H21ClN2O4/c1-25-17-3-2-13(21)11-16(17)23-20(24)22-7-4-15-14-6-9-26-18(14)10-12-5-8-27-19(12)15/h2-3,10-11H,4-9H2,1H3,(H2,22,23,24). The summed E-state index contributed by atoms with van der Waals surface area (Å²) in [6.45, 7) is 1.89. The number of amides is 2. The maximum absolute atomic E-state index is 12.3. The molecule has 0 bridgehead atoms. The number of urea groups is 1. The summed E-state index contributed by atoms with van der Waals surface area (Å²) in [5, 5.41) is 6.19. The Balaban J connectivity index is 1.41. The van der Waals surface area contributed by atoms with E-state index in [4.69, 9.17) is 25.8 Å². The second kappa shape index (κ2) is 7.56. The molecule has 2 heterocycles. The molecule has 0 spiro atoms. The molecule has 4 rings (SSSR count). The molecule has 0 saturated carbocycles. The fraction of sp³-hybridized carbons (Fsp3) is 0.350. The van der Waals surface area contributed by atoms with Crippen molar-refractivity contribution in [3.8, 4) is 17.2 Å². The molecule has 6 nitrogen and oxygen atoms in total. The number of fused-ring (bicyclic) bond motifs is 2. The van der Waals surface area contributed by atoms with E-state index in [1.807, 2.05) is 0 Å². The molecule has 0 aliphatic carbocycles. The summed E-state index contributed by atoms with van der Waals surface area (Å²) in [4.78, 5) is 12.3. The van der Waals surface area contributed by atoms with Crippen molar-refractivity contribution in [2.45, 2.75) is 19.3 Å². The first-order valence-corrected chi connectivity index (χ1v) is 9.35. The highest BCUT2D eigenvalue weighted by molar-refractivity contribution is 6.31. The molecule has 2 aliphatic heterocycles. The van der Waals surface area contributed by atoms with Crippen LogP contribution in [0.4, 0.5) is 10.5 Å². The number of hydrogen-bond acceptors (Lipinski definition) is 4. The van der Waals surface area contributed by atoms with Gasteiger partial charge < -0.3 is 24.8 Å². The van der Waals surface area contributed by atoms with E-state index in [9.17, 15) is 4.79 Å². The highest BCUT2D eigenvalue weighted by atomic mass is 35.5. The maximum Gasteiger partial charge on any atom is 0.319 e. The van der Waals surface area contributed by atoms with Crippen molar-refractivity contribution in [2.75, 3.05) is 32.2 Å². The lowest BCUT2D eigenvalue weighted by molar-refractivity contribution is 0.252. The van der Waals surface area contributed by atoms with Crippen LogP contribution in [0.25, 0.3) is 0 Å². The largest absolute Gasteiger partial charge is 0.495 e. The number of halogens is 1. The summed E-state index contributed by atoms with van der Waals surface area (Å²) in [5.74, 6) is 2.49. The zero-order valence-electron chi connectivity index (χ0n) is 15.1. The molecule has 27 heavy (non-hydrogen) atoms. The molecule has 2 N–H and O–H groups in total. The lowest BCUT2D eigenvalue weighted by atomic mass is 9.97. The van der Waals surface area contributed by atoms with Crippen LogP contribution >= 0.6 is 11.6 Å². The van der Waals surface area contributed by atoms with E-state index in [2.05, 4.69) is 16.7 Å². The number of carbonyl (C=O) groups is 1. The van der Waals surface area contributed by atoms with Gasteiger partial charge in [-0.2, -0.15) is 0 Å². The monoisotopic (exact) mass is 388 g/mol. The van der Waals surface area contributed by atoms with E-state index in [0.29, 0.717) is 42.6 Å². The Morgan fingerprint density at radius 3 is 2.93 bits per heavy atom. The highest BCUT2D eigenvalue weighted by Crippen LogP contribution is 2.40. The molecule has 2 aromatic carbocycles. The van der Waals surface area contributed by atoms with Crippen molar-refractivity contribution >= 4 is 23.3 Å². The van der Waals surface area contributed by atoms with Gasteiger partial charge in [-0.3, -0.25) is 0 Å². The van der Waals surface area contributed by atoms with Crippen LogP contribution in [0.2, 0.25) is 5.02 Å². The Kier molecular flexibility index (Phi) is 4.99. The van der Waals surface area contributed by atoms with Crippen LogP contribution in [0, 0.1) is 0 Å². The Hall–Kier alpha value is -2.60.